The summed E-state index contributed by atoms with van der Waals surface area (Å²) in [6.45, 7) is 6.02. The number of benzene rings is 1. The maximum atomic E-state index is 5.96. The Balaban J connectivity index is 1.70. The lowest BCUT2D eigenvalue weighted by molar-refractivity contribution is 0.0302. The van der Waals surface area contributed by atoms with Gasteiger partial charge in [0.25, 0.3) is 0 Å². The van der Waals surface area contributed by atoms with Crippen molar-refractivity contribution in [2.75, 3.05) is 29.0 Å². The number of hydrogen-bond donors (Lipinski definition) is 2. The molecule has 0 amide bonds. The molecule has 1 aromatic heterocycles. The molecule has 0 radical (unpaired) electrons. The fraction of sp³-hybridized carbons (Fsp3) is 0.474. The predicted octanol–water partition coefficient (Wildman–Crippen LogP) is 2.91. The summed E-state index contributed by atoms with van der Waals surface area (Å²) in [6, 6.07) is 10.1. The molecule has 25 heavy (non-hydrogen) atoms. The molecule has 2 saturated heterocycles. The van der Waals surface area contributed by atoms with Crippen LogP contribution in [0.5, 0.6) is 0 Å². The van der Waals surface area contributed by atoms with Crippen LogP contribution in [-0.2, 0) is 4.74 Å². The first-order chi connectivity index (χ1) is 12.1. The average molecular weight is 339 g/mol. The number of fused-ring (bicyclic) bond motifs is 2. The van der Waals surface area contributed by atoms with Gasteiger partial charge in [0.15, 0.2) is 5.82 Å². The van der Waals surface area contributed by atoms with E-state index in [-0.39, 0.29) is 0 Å². The standard InChI is InChI=1S/C19H25N5O/c1-12(2)21-17-9-18(24-10-15-7-8-16(11-24)25-15)23-19(22-17)13-3-5-14(20)6-4-13/h3-6,9,12,15-16H,7-8,10-11,20H2,1-2H3,(H,21,22,23). The van der Waals surface area contributed by atoms with Crippen LogP contribution in [0.4, 0.5) is 17.3 Å². The number of hydrogen-bond acceptors (Lipinski definition) is 6. The molecular formula is C19H25N5O. The average Bonchev–Trinajstić information content (AvgIpc) is 2.92. The third-order valence-corrected chi connectivity index (χ3v) is 4.69. The summed E-state index contributed by atoms with van der Waals surface area (Å²) < 4.78 is 5.96. The van der Waals surface area contributed by atoms with Gasteiger partial charge >= 0.3 is 0 Å². The molecule has 1 aromatic carbocycles. The van der Waals surface area contributed by atoms with Crippen molar-refractivity contribution < 1.29 is 4.74 Å². The monoisotopic (exact) mass is 339 g/mol. The Labute approximate surface area is 148 Å². The zero-order valence-corrected chi connectivity index (χ0v) is 14.8. The number of morpholine rings is 1. The van der Waals surface area contributed by atoms with Crippen LogP contribution < -0.4 is 16.0 Å². The van der Waals surface area contributed by atoms with E-state index in [2.05, 4.69) is 24.1 Å². The second kappa shape index (κ2) is 6.52. The minimum absolute atomic E-state index is 0.308. The molecule has 0 spiro atoms. The molecule has 0 saturated carbocycles. The van der Waals surface area contributed by atoms with Crippen LogP contribution >= 0.6 is 0 Å². The Bertz CT molecular complexity index is 734. The normalized spacial score (nSPS) is 22.4. The molecule has 2 aliphatic heterocycles. The SMILES string of the molecule is CC(C)Nc1cc(N2CC3CCC(C2)O3)nc(-c2ccc(N)cc2)n1. The molecule has 3 N–H and O–H groups in total. The lowest BCUT2D eigenvalue weighted by Crippen LogP contribution is -2.43. The summed E-state index contributed by atoms with van der Waals surface area (Å²) in [5, 5.41) is 3.41. The van der Waals surface area contributed by atoms with Crippen molar-refractivity contribution in [3.05, 3.63) is 30.3 Å². The highest BCUT2D eigenvalue weighted by molar-refractivity contribution is 5.64. The van der Waals surface area contributed by atoms with Gasteiger partial charge in [-0.2, -0.15) is 0 Å². The van der Waals surface area contributed by atoms with Gasteiger partial charge in [0.2, 0.25) is 0 Å². The summed E-state index contributed by atoms with van der Waals surface area (Å²) in [5.41, 5.74) is 7.52. The van der Waals surface area contributed by atoms with E-state index in [9.17, 15) is 0 Å². The van der Waals surface area contributed by atoms with Gasteiger partial charge in [0.1, 0.15) is 11.6 Å². The maximum Gasteiger partial charge on any atom is 0.163 e. The van der Waals surface area contributed by atoms with Gasteiger partial charge in [-0.15, -0.1) is 0 Å². The molecule has 2 bridgehead atoms. The number of rotatable bonds is 4. The first-order valence-corrected chi connectivity index (χ1v) is 8.99. The Morgan fingerprint density at radius 3 is 2.44 bits per heavy atom. The number of ether oxygens (including phenoxy) is 1. The van der Waals surface area contributed by atoms with Crippen LogP contribution in [-0.4, -0.2) is 41.3 Å². The van der Waals surface area contributed by atoms with Crippen molar-refractivity contribution in [3.63, 3.8) is 0 Å². The number of nitrogens with one attached hydrogen (secondary N) is 1. The molecule has 132 valence electrons. The van der Waals surface area contributed by atoms with Crippen molar-refractivity contribution >= 4 is 17.3 Å². The minimum Gasteiger partial charge on any atom is -0.399 e. The van der Waals surface area contributed by atoms with Crippen LogP contribution in [0.1, 0.15) is 26.7 Å². The molecular weight excluding hydrogens is 314 g/mol. The highest BCUT2D eigenvalue weighted by Crippen LogP contribution is 2.31. The van der Waals surface area contributed by atoms with Gasteiger partial charge in [-0.25, -0.2) is 9.97 Å². The van der Waals surface area contributed by atoms with Gasteiger partial charge in [-0.3, -0.25) is 0 Å². The van der Waals surface area contributed by atoms with E-state index in [0.717, 1.165) is 54.6 Å². The van der Waals surface area contributed by atoms with Crippen LogP contribution in [0.3, 0.4) is 0 Å². The molecule has 6 heteroatoms. The van der Waals surface area contributed by atoms with E-state index < -0.39 is 0 Å². The minimum atomic E-state index is 0.308. The molecule has 6 nitrogen and oxygen atoms in total. The van der Waals surface area contributed by atoms with Crippen molar-refractivity contribution in [2.24, 2.45) is 0 Å². The predicted molar refractivity (Wildman–Crippen MR) is 101 cm³/mol. The summed E-state index contributed by atoms with van der Waals surface area (Å²) in [7, 11) is 0. The van der Waals surface area contributed by atoms with Crippen molar-refractivity contribution in [3.8, 4) is 11.4 Å². The lowest BCUT2D eigenvalue weighted by Gasteiger charge is -2.33. The van der Waals surface area contributed by atoms with Crippen molar-refractivity contribution in [2.45, 2.75) is 44.9 Å². The van der Waals surface area contributed by atoms with E-state index in [1.54, 1.807) is 0 Å². The van der Waals surface area contributed by atoms with Crippen molar-refractivity contribution in [1.82, 2.24) is 9.97 Å². The maximum absolute atomic E-state index is 5.96. The molecule has 2 fully saturated rings. The van der Waals surface area contributed by atoms with Crippen LogP contribution in [0.15, 0.2) is 30.3 Å². The Kier molecular flexibility index (Phi) is 4.21. The fourth-order valence-electron chi connectivity index (χ4n) is 3.53. The van der Waals surface area contributed by atoms with Gasteiger partial charge < -0.3 is 20.7 Å². The van der Waals surface area contributed by atoms with Gasteiger partial charge in [0.05, 0.1) is 12.2 Å². The van der Waals surface area contributed by atoms with E-state index >= 15 is 0 Å². The first-order valence-electron chi connectivity index (χ1n) is 8.99. The summed E-state index contributed by atoms with van der Waals surface area (Å²) >= 11 is 0. The van der Waals surface area contributed by atoms with E-state index in [1.165, 1.54) is 0 Å². The van der Waals surface area contributed by atoms with Gasteiger partial charge in [-0.1, -0.05) is 0 Å². The summed E-state index contributed by atoms with van der Waals surface area (Å²) in [4.78, 5) is 11.9. The molecule has 2 atom stereocenters. The van der Waals surface area contributed by atoms with Crippen molar-refractivity contribution in [1.29, 1.82) is 0 Å². The number of nitrogens with two attached hydrogens (primary N) is 1. The van der Waals surface area contributed by atoms with E-state index in [0.29, 0.717) is 18.2 Å². The van der Waals surface area contributed by atoms with Gasteiger partial charge in [0, 0.05) is 36.4 Å². The molecule has 3 heterocycles. The lowest BCUT2D eigenvalue weighted by atomic mass is 10.2. The first kappa shape index (κ1) is 16.1. The zero-order chi connectivity index (χ0) is 17.4. The smallest absolute Gasteiger partial charge is 0.163 e. The van der Waals surface area contributed by atoms with E-state index in [1.807, 2.05) is 30.3 Å². The number of nitrogen functional groups attached to an aromatic ring is 1. The third-order valence-electron chi connectivity index (χ3n) is 4.69. The van der Waals surface area contributed by atoms with Crippen LogP contribution in [0.2, 0.25) is 0 Å². The Hall–Kier alpha value is -2.34. The second-order valence-corrected chi connectivity index (χ2v) is 7.22. The number of anilines is 3. The second-order valence-electron chi connectivity index (χ2n) is 7.22. The zero-order valence-electron chi connectivity index (χ0n) is 14.8. The van der Waals surface area contributed by atoms with Gasteiger partial charge in [-0.05, 0) is 51.0 Å². The number of nitrogens with zero attached hydrogens (tertiary/aromatic N) is 3. The molecule has 2 aromatic rings. The van der Waals surface area contributed by atoms with E-state index in [4.69, 9.17) is 20.4 Å². The summed E-state index contributed by atoms with van der Waals surface area (Å²) in [6.07, 6.45) is 2.95. The topological polar surface area (TPSA) is 76.3 Å². The molecule has 2 aliphatic rings. The summed E-state index contributed by atoms with van der Waals surface area (Å²) in [5.74, 6) is 2.54. The quantitative estimate of drug-likeness (QED) is 0.834. The number of aromatic nitrogens is 2. The highest BCUT2D eigenvalue weighted by atomic mass is 16.5. The fourth-order valence-corrected chi connectivity index (χ4v) is 3.53. The molecule has 4 rings (SSSR count). The molecule has 0 aliphatic carbocycles. The third kappa shape index (κ3) is 3.54. The Morgan fingerprint density at radius 1 is 1.12 bits per heavy atom. The van der Waals surface area contributed by atoms with Crippen LogP contribution in [0, 0.1) is 0 Å². The highest BCUT2D eigenvalue weighted by Gasteiger charge is 2.34. The largest absolute Gasteiger partial charge is 0.399 e. The Morgan fingerprint density at radius 2 is 1.80 bits per heavy atom. The molecule has 2 unspecified atom stereocenters. The van der Waals surface area contributed by atoms with Crippen LogP contribution in [0.25, 0.3) is 11.4 Å².